The van der Waals surface area contributed by atoms with Crippen LogP contribution in [-0.4, -0.2) is 54.0 Å². The van der Waals surface area contributed by atoms with E-state index in [0.717, 1.165) is 61.8 Å². The zero-order valence-corrected chi connectivity index (χ0v) is 20.9. The summed E-state index contributed by atoms with van der Waals surface area (Å²) in [7, 11) is 1.66. The molecule has 3 aliphatic rings. The Kier molecular flexibility index (Phi) is 7.77. The van der Waals surface area contributed by atoms with Crippen LogP contribution in [-0.2, 0) is 11.3 Å². The molecule has 7 heteroatoms. The van der Waals surface area contributed by atoms with Gasteiger partial charge in [0.1, 0.15) is 11.6 Å². The molecule has 0 spiro atoms. The molecule has 2 aromatic carbocycles. The molecule has 36 heavy (non-hydrogen) atoms. The lowest BCUT2D eigenvalue weighted by molar-refractivity contribution is -0.00934. The highest BCUT2D eigenvalue weighted by Crippen LogP contribution is 2.42. The highest BCUT2D eigenvalue weighted by Gasteiger charge is 2.52. The number of nitrogens with one attached hydrogen (secondary N) is 1. The molecular weight excluding hydrogens is 459 g/mol. The summed E-state index contributed by atoms with van der Waals surface area (Å²) < 4.78 is 25.3. The monoisotopic (exact) mass is 496 g/mol. The number of amides is 1. The van der Waals surface area contributed by atoms with E-state index in [1.54, 1.807) is 24.1 Å². The highest BCUT2D eigenvalue weighted by molar-refractivity contribution is 5.67. The predicted molar refractivity (Wildman–Crippen MR) is 136 cm³/mol. The van der Waals surface area contributed by atoms with Crippen LogP contribution >= 0.6 is 0 Å². The molecule has 5 rings (SSSR count). The predicted octanol–water partition coefficient (Wildman–Crippen LogP) is 5.57. The number of nitrogens with zero attached hydrogens (tertiary/aromatic N) is 1. The van der Waals surface area contributed by atoms with E-state index >= 15 is 0 Å². The molecule has 2 aromatic rings. The number of carboxylic acid groups (broad SMARTS) is 1. The number of benzene rings is 2. The molecule has 4 atom stereocenters. The Hall–Kier alpha value is -2.64. The molecule has 1 saturated heterocycles. The van der Waals surface area contributed by atoms with Crippen molar-refractivity contribution in [3.63, 3.8) is 0 Å². The van der Waals surface area contributed by atoms with Crippen LogP contribution in [0.4, 0.5) is 9.18 Å². The van der Waals surface area contributed by atoms with Gasteiger partial charge < -0.3 is 19.9 Å². The number of hydrogen-bond donors (Lipinski definition) is 2. The molecule has 1 amide bonds. The average molecular weight is 497 g/mol. The summed E-state index contributed by atoms with van der Waals surface area (Å²) in [5.41, 5.74) is 2.21. The van der Waals surface area contributed by atoms with Gasteiger partial charge in [-0.2, -0.15) is 0 Å². The Bertz CT molecular complexity index is 1020. The summed E-state index contributed by atoms with van der Waals surface area (Å²) >= 11 is 0. The third kappa shape index (κ3) is 5.37. The molecule has 2 aliphatic carbocycles. The Balaban J connectivity index is 1.21. The van der Waals surface area contributed by atoms with Gasteiger partial charge in [0.05, 0.1) is 25.9 Å². The Morgan fingerprint density at radius 2 is 1.86 bits per heavy atom. The van der Waals surface area contributed by atoms with Crippen LogP contribution in [0.25, 0.3) is 0 Å². The first-order valence-electron chi connectivity index (χ1n) is 13.3. The van der Waals surface area contributed by atoms with Crippen LogP contribution < -0.4 is 10.1 Å². The smallest absolute Gasteiger partial charge is 0.407 e. The topological polar surface area (TPSA) is 71.0 Å². The van der Waals surface area contributed by atoms with Gasteiger partial charge in [-0.05, 0) is 85.8 Å². The van der Waals surface area contributed by atoms with Gasteiger partial charge in [0.2, 0.25) is 0 Å². The fourth-order valence-corrected chi connectivity index (χ4v) is 6.73. The van der Waals surface area contributed by atoms with Crippen LogP contribution in [0.15, 0.2) is 48.5 Å². The maximum atomic E-state index is 13.6. The van der Waals surface area contributed by atoms with E-state index in [0.29, 0.717) is 25.0 Å². The molecule has 2 saturated carbocycles. The lowest BCUT2D eigenvalue weighted by Gasteiger charge is -2.33. The molecule has 0 aromatic heterocycles. The van der Waals surface area contributed by atoms with Crippen LogP contribution in [0.5, 0.6) is 5.75 Å². The first-order valence-corrected chi connectivity index (χ1v) is 13.3. The van der Waals surface area contributed by atoms with Crippen LogP contribution in [0, 0.1) is 11.7 Å². The first-order chi connectivity index (χ1) is 17.5. The standard InChI is InChI=1S/C29H37FN2O4/c1-35-23-12-8-19(9-13-23)17-31-28-25-6-3-7-26(25)32(29(33)34)27(28)18-36-24-14-10-20(11-15-24)21-4-2-5-22(30)16-21/h2,4-5,8-9,12-13,16,20,24-28,31H,3,6-7,10-11,14-15,17-18H2,1H3,(H,33,34)/t20?,24?,25-,26+,27-,28-/m0/s1. The maximum absolute atomic E-state index is 13.6. The summed E-state index contributed by atoms with van der Waals surface area (Å²) in [4.78, 5) is 14.0. The van der Waals surface area contributed by atoms with Crippen LogP contribution in [0.3, 0.4) is 0 Å². The second-order valence-electron chi connectivity index (χ2n) is 10.5. The van der Waals surface area contributed by atoms with Gasteiger partial charge in [-0.3, -0.25) is 4.90 Å². The van der Waals surface area contributed by atoms with Gasteiger partial charge in [-0.1, -0.05) is 30.7 Å². The highest BCUT2D eigenvalue weighted by atomic mass is 19.1. The van der Waals surface area contributed by atoms with Gasteiger partial charge in [0.15, 0.2) is 0 Å². The Morgan fingerprint density at radius 1 is 1.08 bits per heavy atom. The molecule has 0 radical (unpaired) electrons. The molecule has 194 valence electrons. The van der Waals surface area contributed by atoms with Crippen LogP contribution in [0.1, 0.15) is 62.0 Å². The van der Waals surface area contributed by atoms with Gasteiger partial charge in [0, 0.05) is 18.6 Å². The van der Waals surface area contributed by atoms with Crippen molar-refractivity contribution in [1.82, 2.24) is 10.2 Å². The lowest BCUT2D eigenvalue weighted by atomic mass is 9.82. The van der Waals surface area contributed by atoms with Crippen molar-refractivity contribution in [2.24, 2.45) is 5.92 Å². The quantitative estimate of drug-likeness (QED) is 0.500. The SMILES string of the molecule is COc1ccc(CN[C@H]2[C@H]3CCC[C@H]3N(C(=O)O)[C@H]2COC2CCC(c3cccc(F)c3)CC2)cc1. The minimum absolute atomic E-state index is 0.0631. The van der Waals surface area contributed by atoms with Gasteiger partial charge in [0.25, 0.3) is 0 Å². The number of rotatable bonds is 8. The normalized spacial score (nSPS) is 29.8. The summed E-state index contributed by atoms with van der Waals surface area (Å²) in [6.07, 6.45) is 6.07. The third-order valence-corrected chi connectivity index (χ3v) is 8.54. The van der Waals surface area contributed by atoms with Crippen LogP contribution in [0.2, 0.25) is 0 Å². The van der Waals surface area contributed by atoms with Crippen molar-refractivity contribution >= 4 is 6.09 Å². The molecule has 0 bridgehead atoms. The zero-order valence-electron chi connectivity index (χ0n) is 20.9. The number of methoxy groups -OCH3 is 1. The molecule has 6 nitrogen and oxygen atoms in total. The largest absolute Gasteiger partial charge is 0.497 e. The van der Waals surface area contributed by atoms with Crippen molar-refractivity contribution in [2.45, 2.75) is 81.6 Å². The van der Waals surface area contributed by atoms with E-state index in [-0.39, 0.29) is 30.0 Å². The molecule has 2 N–H and O–H groups in total. The summed E-state index contributed by atoms with van der Waals surface area (Å²) in [5, 5.41) is 13.8. The van der Waals surface area contributed by atoms with Crippen molar-refractivity contribution in [3.05, 3.63) is 65.5 Å². The van der Waals surface area contributed by atoms with E-state index in [4.69, 9.17) is 9.47 Å². The number of carbonyl (C=O) groups is 1. The van der Waals surface area contributed by atoms with E-state index in [2.05, 4.69) is 5.32 Å². The van der Waals surface area contributed by atoms with Crippen molar-refractivity contribution in [2.75, 3.05) is 13.7 Å². The number of fused-ring (bicyclic) bond motifs is 1. The Labute approximate surface area is 212 Å². The van der Waals surface area contributed by atoms with E-state index < -0.39 is 6.09 Å². The van der Waals surface area contributed by atoms with Gasteiger partial charge >= 0.3 is 6.09 Å². The molecular formula is C29H37FN2O4. The first kappa shape index (κ1) is 25.0. The Morgan fingerprint density at radius 3 is 2.56 bits per heavy atom. The molecule has 0 unspecified atom stereocenters. The number of hydrogen-bond acceptors (Lipinski definition) is 4. The zero-order chi connectivity index (χ0) is 25.1. The number of likely N-dealkylation sites (tertiary alicyclic amines) is 1. The number of ether oxygens (including phenoxy) is 2. The minimum Gasteiger partial charge on any atom is -0.497 e. The van der Waals surface area contributed by atoms with E-state index in [1.165, 1.54) is 6.07 Å². The summed E-state index contributed by atoms with van der Waals surface area (Å²) in [6, 6.07) is 14.9. The second-order valence-corrected chi connectivity index (χ2v) is 10.5. The van der Waals surface area contributed by atoms with Gasteiger partial charge in [-0.25, -0.2) is 9.18 Å². The summed E-state index contributed by atoms with van der Waals surface area (Å²) in [6.45, 7) is 1.09. The lowest BCUT2D eigenvalue weighted by Crippen LogP contribution is -2.49. The molecule has 1 aliphatic heterocycles. The molecule has 3 fully saturated rings. The van der Waals surface area contributed by atoms with Gasteiger partial charge in [-0.15, -0.1) is 0 Å². The third-order valence-electron chi connectivity index (χ3n) is 8.54. The average Bonchev–Trinajstić information content (AvgIpc) is 3.47. The number of halogens is 1. The van der Waals surface area contributed by atoms with Crippen molar-refractivity contribution < 1.29 is 23.8 Å². The van der Waals surface area contributed by atoms with E-state index in [1.807, 2.05) is 30.3 Å². The fourth-order valence-electron chi connectivity index (χ4n) is 6.73. The summed E-state index contributed by atoms with van der Waals surface area (Å²) in [5.74, 6) is 1.32. The maximum Gasteiger partial charge on any atom is 0.407 e. The molecule has 1 heterocycles. The fraction of sp³-hybridized carbons (Fsp3) is 0.552. The van der Waals surface area contributed by atoms with Crippen molar-refractivity contribution in [3.8, 4) is 5.75 Å². The minimum atomic E-state index is -0.843. The van der Waals surface area contributed by atoms with Crippen molar-refractivity contribution in [1.29, 1.82) is 0 Å². The second kappa shape index (κ2) is 11.2. The van der Waals surface area contributed by atoms with E-state index in [9.17, 15) is 14.3 Å².